The van der Waals surface area contributed by atoms with Crippen molar-refractivity contribution < 1.29 is 55.1 Å². The topological polar surface area (TPSA) is 190 Å². The highest BCUT2D eigenvalue weighted by Gasteiger charge is 2.64. The molecule has 0 aromatic heterocycles. The molecule has 0 radical (unpaired) electrons. The van der Waals surface area contributed by atoms with E-state index in [2.05, 4.69) is 0 Å². The van der Waals surface area contributed by atoms with E-state index in [0.29, 0.717) is 0 Å². The second-order valence-corrected chi connectivity index (χ2v) is 7.28. The summed E-state index contributed by atoms with van der Waals surface area (Å²) in [6.45, 7) is 0.560. The van der Waals surface area contributed by atoms with Crippen LogP contribution in [0.5, 0.6) is 0 Å². The molecule has 150 valence electrons. The Morgan fingerprint density at radius 1 is 1.08 bits per heavy atom. The molecule has 2 aliphatic heterocycles. The van der Waals surface area contributed by atoms with E-state index in [4.69, 9.17) is 14.2 Å². The average Bonchev–Trinajstić information content (AvgIpc) is 2.74. The fraction of sp³-hybridized carbons (Fsp3) is 0.867. The van der Waals surface area contributed by atoms with Crippen molar-refractivity contribution in [3.63, 3.8) is 0 Å². The fourth-order valence-corrected chi connectivity index (χ4v) is 3.88. The van der Waals surface area contributed by atoms with Gasteiger partial charge >= 0.3 is 0 Å². The molecule has 11 heteroatoms. The lowest BCUT2D eigenvalue weighted by molar-refractivity contribution is -0.409. The van der Waals surface area contributed by atoms with Crippen LogP contribution in [0, 0.1) is 5.92 Å². The van der Waals surface area contributed by atoms with Gasteiger partial charge in [0, 0.05) is 6.42 Å². The molecule has 3 rings (SSSR count). The summed E-state index contributed by atoms with van der Waals surface area (Å²) in [5.41, 5.74) is -3.49. The van der Waals surface area contributed by atoms with E-state index in [9.17, 15) is 40.9 Å². The third-order valence-electron chi connectivity index (χ3n) is 5.37. The average molecular weight is 380 g/mol. The standard InChI is InChI=1S/C15H24O11/c1-13(20)4-7(17)14(21)2-3-24-11(8(13)14)26-12-10(19)15(22,23)9(18)6(5-16)25-12/h2-3,6-12,16-23H,4-5H2,1H3. The van der Waals surface area contributed by atoms with E-state index >= 15 is 0 Å². The van der Waals surface area contributed by atoms with E-state index in [-0.39, 0.29) is 6.42 Å². The number of aliphatic hydroxyl groups is 8. The van der Waals surface area contributed by atoms with Gasteiger partial charge in [0.05, 0.1) is 30.5 Å². The van der Waals surface area contributed by atoms with Crippen LogP contribution in [0.15, 0.2) is 12.3 Å². The number of ether oxygens (including phenoxy) is 3. The number of hydrogen-bond acceptors (Lipinski definition) is 11. The first-order chi connectivity index (χ1) is 11.9. The van der Waals surface area contributed by atoms with Crippen molar-refractivity contribution >= 4 is 0 Å². The molecule has 11 nitrogen and oxygen atoms in total. The van der Waals surface area contributed by atoms with E-state index in [0.717, 1.165) is 6.26 Å². The molecular formula is C15H24O11. The van der Waals surface area contributed by atoms with Crippen LogP contribution in [0.1, 0.15) is 13.3 Å². The highest BCUT2D eigenvalue weighted by Crippen LogP contribution is 2.49. The zero-order chi connectivity index (χ0) is 19.5. The minimum atomic E-state index is -3.05. The van der Waals surface area contributed by atoms with E-state index in [1.807, 2.05) is 0 Å². The van der Waals surface area contributed by atoms with Crippen LogP contribution < -0.4 is 0 Å². The van der Waals surface area contributed by atoms with E-state index in [1.54, 1.807) is 0 Å². The Hall–Kier alpha value is -0.860. The van der Waals surface area contributed by atoms with Gasteiger partial charge in [-0.3, -0.25) is 0 Å². The van der Waals surface area contributed by atoms with Crippen LogP contribution >= 0.6 is 0 Å². The number of rotatable bonds is 3. The summed E-state index contributed by atoms with van der Waals surface area (Å²) >= 11 is 0. The molecule has 2 heterocycles. The second kappa shape index (κ2) is 6.34. The number of aliphatic hydroxyl groups excluding tert-OH is 4. The Bertz CT molecular complexity index is 564. The maximum absolute atomic E-state index is 10.7. The summed E-state index contributed by atoms with van der Waals surface area (Å²) in [6.07, 6.45) is -8.14. The lowest BCUT2D eigenvalue weighted by atomic mass is 9.81. The number of fused-ring (bicyclic) bond motifs is 1. The van der Waals surface area contributed by atoms with Crippen molar-refractivity contribution in [1.29, 1.82) is 0 Å². The molecular weight excluding hydrogens is 356 g/mol. The Kier molecular flexibility index (Phi) is 4.85. The van der Waals surface area contributed by atoms with Gasteiger partial charge in [-0.25, -0.2) is 0 Å². The summed E-state index contributed by atoms with van der Waals surface area (Å²) in [6, 6.07) is 0. The maximum Gasteiger partial charge on any atom is 0.224 e. The molecule has 1 aliphatic carbocycles. The van der Waals surface area contributed by atoms with Crippen LogP contribution in [0.4, 0.5) is 0 Å². The first-order valence-corrected chi connectivity index (χ1v) is 8.13. The van der Waals surface area contributed by atoms with Gasteiger partial charge in [-0.15, -0.1) is 0 Å². The third kappa shape index (κ3) is 2.85. The quantitative estimate of drug-likeness (QED) is 0.222. The van der Waals surface area contributed by atoms with Gasteiger partial charge in [-0.2, -0.15) is 0 Å². The zero-order valence-electron chi connectivity index (χ0n) is 13.9. The predicted octanol–water partition coefficient (Wildman–Crippen LogP) is -4.14. The first-order valence-electron chi connectivity index (χ1n) is 8.13. The third-order valence-corrected chi connectivity index (χ3v) is 5.37. The molecule has 0 spiro atoms. The van der Waals surface area contributed by atoms with Gasteiger partial charge in [-0.05, 0) is 13.0 Å². The fourth-order valence-electron chi connectivity index (χ4n) is 3.88. The van der Waals surface area contributed by atoms with Gasteiger partial charge in [0.1, 0.15) is 17.8 Å². The lowest BCUT2D eigenvalue weighted by Gasteiger charge is -2.47. The highest BCUT2D eigenvalue weighted by atomic mass is 16.8. The molecule has 0 bridgehead atoms. The van der Waals surface area contributed by atoms with E-state index < -0.39 is 66.5 Å². The summed E-state index contributed by atoms with van der Waals surface area (Å²) in [5, 5.41) is 80.1. The maximum atomic E-state index is 10.7. The van der Waals surface area contributed by atoms with Crippen molar-refractivity contribution in [1.82, 2.24) is 0 Å². The predicted molar refractivity (Wildman–Crippen MR) is 79.7 cm³/mol. The highest BCUT2D eigenvalue weighted by molar-refractivity contribution is 5.21. The summed E-state index contributed by atoms with van der Waals surface area (Å²) in [5.74, 6) is -4.24. The zero-order valence-corrected chi connectivity index (χ0v) is 13.9. The van der Waals surface area contributed by atoms with Gasteiger partial charge in [0.25, 0.3) is 0 Å². The van der Waals surface area contributed by atoms with Gasteiger partial charge in [0.15, 0.2) is 12.4 Å². The van der Waals surface area contributed by atoms with Crippen LogP contribution in [-0.4, -0.2) is 101 Å². The van der Waals surface area contributed by atoms with Gasteiger partial charge in [-0.1, -0.05) is 0 Å². The van der Waals surface area contributed by atoms with Crippen molar-refractivity contribution in [3.05, 3.63) is 12.3 Å². The smallest absolute Gasteiger partial charge is 0.224 e. The van der Waals surface area contributed by atoms with Gasteiger partial charge in [0.2, 0.25) is 12.1 Å². The molecule has 8 N–H and O–H groups in total. The van der Waals surface area contributed by atoms with Crippen molar-refractivity contribution in [3.8, 4) is 0 Å². The summed E-state index contributed by atoms with van der Waals surface area (Å²) in [4.78, 5) is 0. The van der Waals surface area contributed by atoms with Crippen LogP contribution in [0.25, 0.3) is 0 Å². The first kappa shape index (κ1) is 19.9. The van der Waals surface area contributed by atoms with Crippen LogP contribution in [0.2, 0.25) is 0 Å². The molecule has 0 amide bonds. The lowest BCUT2D eigenvalue weighted by Crippen LogP contribution is -2.68. The molecule has 0 aromatic carbocycles. The molecule has 9 atom stereocenters. The monoisotopic (exact) mass is 380 g/mol. The van der Waals surface area contributed by atoms with Crippen molar-refractivity contribution in [2.45, 2.75) is 67.3 Å². The van der Waals surface area contributed by atoms with Gasteiger partial charge < -0.3 is 55.1 Å². The van der Waals surface area contributed by atoms with Crippen LogP contribution in [0.3, 0.4) is 0 Å². The minimum absolute atomic E-state index is 0.183. The Balaban J connectivity index is 1.85. The molecule has 2 fully saturated rings. The largest absolute Gasteiger partial charge is 0.472 e. The number of hydrogen-bond donors (Lipinski definition) is 8. The van der Waals surface area contributed by atoms with E-state index in [1.165, 1.54) is 13.0 Å². The molecule has 1 saturated carbocycles. The normalized spacial score (nSPS) is 53.2. The van der Waals surface area contributed by atoms with Crippen molar-refractivity contribution in [2.24, 2.45) is 5.92 Å². The Morgan fingerprint density at radius 2 is 1.73 bits per heavy atom. The molecule has 9 unspecified atom stereocenters. The minimum Gasteiger partial charge on any atom is -0.472 e. The molecule has 3 aliphatic rings. The van der Waals surface area contributed by atoms with Crippen LogP contribution in [-0.2, 0) is 14.2 Å². The summed E-state index contributed by atoms with van der Waals surface area (Å²) < 4.78 is 15.8. The Labute approximate surface area is 148 Å². The summed E-state index contributed by atoms with van der Waals surface area (Å²) in [7, 11) is 0. The van der Waals surface area contributed by atoms with Crippen molar-refractivity contribution in [2.75, 3.05) is 6.61 Å². The second-order valence-electron chi connectivity index (χ2n) is 7.28. The molecule has 1 saturated heterocycles. The Morgan fingerprint density at radius 3 is 2.35 bits per heavy atom. The SMILES string of the molecule is CC1(O)CC(O)C2(O)C=COC(OC3OC(CO)C(O)C(O)(O)C3O)C12. The molecule has 26 heavy (non-hydrogen) atoms. The molecule has 0 aromatic rings.